The topological polar surface area (TPSA) is 72.8 Å². The van der Waals surface area contributed by atoms with Gasteiger partial charge in [0.1, 0.15) is 6.61 Å². The predicted molar refractivity (Wildman–Crippen MR) is 196 cm³/mol. The van der Waals surface area contributed by atoms with Crippen molar-refractivity contribution < 1.29 is 24.2 Å². The molecule has 0 aliphatic rings. The maximum atomic E-state index is 12.2. The Kier molecular flexibility index (Phi) is 35.6. The quantitative estimate of drug-likeness (QED) is 0.0429. The minimum atomic E-state index is -0.786. The van der Waals surface area contributed by atoms with Crippen molar-refractivity contribution in [2.24, 2.45) is 0 Å². The van der Waals surface area contributed by atoms with Crippen LogP contribution in [0.15, 0.2) is 48.6 Å². The summed E-state index contributed by atoms with van der Waals surface area (Å²) in [5.74, 6) is -0.637. The average molecular weight is 645 g/mol. The maximum absolute atomic E-state index is 12.2. The summed E-state index contributed by atoms with van der Waals surface area (Å²) in [6.07, 6.45) is 46.0. The van der Waals surface area contributed by atoms with Gasteiger partial charge in [0.2, 0.25) is 0 Å². The van der Waals surface area contributed by atoms with Crippen LogP contribution < -0.4 is 0 Å². The molecule has 0 aliphatic heterocycles. The lowest BCUT2D eigenvalue weighted by atomic mass is 10.0. The van der Waals surface area contributed by atoms with E-state index in [2.05, 4.69) is 62.5 Å². The third-order valence-electron chi connectivity index (χ3n) is 8.14. The van der Waals surface area contributed by atoms with Gasteiger partial charge in [-0.2, -0.15) is 0 Å². The Bertz CT molecular complexity index is 782. The number of rotatable bonds is 34. The molecule has 0 bridgehead atoms. The Morgan fingerprint density at radius 1 is 0.522 bits per heavy atom. The molecule has 0 saturated heterocycles. The molecule has 46 heavy (non-hydrogen) atoms. The van der Waals surface area contributed by atoms with E-state index in [9.17, 15) is 14.7 Å². The molecule has 0 aromatic heterocycles. The van der Waals surface area contributed by atoms with Gasteiger partial charge in [0.05, 0.1) is 6.61 Å². The first kappa shape index (κ1) is 43.9. The van der Waals surface area contributed by atoms with E-state index in [1.165, 1.54) is 89.9 Å². The van der Waals surface area contributed by atoms with Crippen LogP contribution in [-0.2, 0) is 19.1 Å². The zero-order chi connectivity index (χ0) is 33.6. The number of carbonyl (C=O) groups excluding carboxylic acids is 2. The summed E-state index contributed by atoms with van der Waals surface area (Å²) in [5.41, 5.74) is 0. The van der Waals surface area contributed by atoms with Gasteiger partial charge in [0.15, 0.2) is 6.10 Å². The molecule has 0 fully saturated rings. The molecule has 5 heteroatoms. The van der Waals surface area contributed by atoms with Crippen molar-refractivity contribution >= 4 is 11.9 Å². The van der Waals surface area contributed by atoms with Gasteiger partial charge in [-0.25, -0.2) is 0 Å². The van der Waals surface area contributed by atoms with E-state index >= 15 is 0 Å². The molecule has 0 radical (unpaired) electrons. The minimum absolute atomic E-state index is 0.0863. The lowest BCUT2D eigenvalue weighted by molar-refractivity contribution is -0.161. The molecule has 5 nitrogen and oxygen atoms in total. The molecule has 0 aromatic carbocycles. The fourth-order valence-electron chi connectivity index (χ4n) is 5.25. The molecule has 0 aromatic rings. The van der Waals surface area contributed by atoms with Crippen molar-refractivity contribution in [2.75, 3.05) is 13.2 Å². The normalized spacial score (nSPS) is 12.7. The Labute approximate surface area is 284 Å². The summed E-state index contributed by atoms with van der Waals surface area (Å²) < 4.78 is 10.6. The number of aliphatic hydroxyl groups is 1. The zero-order valence-corrected chi connectivity index (χ0v) is 30.1. The molecule has 1 atom stereocenters. The largest absolute Gasteiger partial charge is 0.462 e. The maximum Gasteiger partial charge on any atom is 0.306 e. The van der Waals surface area contributed by atoms with E-state index < -0.39 is 6.10 Å². The number of allylic oxidation sites excluding steroid dienone is 8. The molecular formula is C41H72O5. The first-order valence-corrected chi connectivity index (χ1v) is 19.2. The Balaban J connectivity index is 3.61. The second kappa shape index (κ2) is 37.3. The van der Waals surface area contributed by atoms with Crippen molar-refractivity contribution in [3.63, 3.8) is 0 Å². The summed E-state index contributed by atoms with van der Waals surface area (Å²) in [7, 11) is 0. The number of unbranched alkanes of at least 4 members (excludes halogenated alkanes) is 18. The molecule has 1 N–H and O–H groups in total. The van der Waals surface area contributed by atoms with Gasteiger partial charge in [0.25, 0.3) is 0 Å². The van der Waals surface area contributed by atoms with Crippen molar-refractivity contribution in [3.8, 4) is 0 Å². The standard InChI is InChI=1S/C41H72O5/c1-3-5-7-9-11-13-15-17-19-20-22-24-26-28-30-32-34-36-41(44)46-39(37-42)38-45-40(43)35-33-31-29-27-25-23-21-18-16-14-12-10-8-6-4-2/h6,8,12,14,18,21,25,27,39,42H,3-5,7,9-11,13,15-17,19-20,22-24,26,28-38H2,1-2H3. The van der Waals surface area contributed by atoms with Crippen molar-refractivity contribution in [2.45, 2.75) is 187 Å². The second-order valence-electron chi connectivity index (χ2n) is 12.6. The Hall–Kier alpha value is -2.14. The minimum Gasteiger partial charge on any atom is -0.462 e. The van der Waals surface area contributed by atoms with Gasteiger partial charge in [-0.05, 0) is 51.4 Å². The summed E-state index contributed by atoms with van der Waals surface area (Å²) in [6.45, 7) is 3.99. The highest BCUT2D eigenvalue weighted by Gasteiger charge is 2.16. The van der Waals surface area contributed by atoms with Gasteiger partial charge in [-0.15, -0.1) is 0 Å². The summed E-state index contributed by atoms with van der Waals surface area (Å²) in [4.78, 5) is 24.2. The van der Waals surface area contributed by atoms with Gasteiger partial charge in [-0.1, -0.05) is 165 Å². The number of aliphatic hydroxyl groups excluding tert-OH is 1. The van der Waals surface area contributed by atoms with Crippen LogP contribution in [0.1, 0.15) is 181 Å². The van der Waals surface area contributed by atoms with Crippen LogP contribution in [0.3, 0.4) is 0 Å². The molecule has 0 aliphatic carbocycles. The highest BCUT2D eigenvalue weighted by molar-refractivity contribution is 5.70. The monoisotopic (exact) mass is 645 g/mol. The number of ether oxygens (including phenoxy) is 2. The van der Waals surface area contributed by atoms with Crippen LogP contribution in [0.4, 0.5) is 0 Å². The molecule has 0 rings (SSSR count). The number of carbonyl (C=O) groups is 2. The zero-order valence-electron chi connectivity index (χ0n) is 30.1. The van der Waals surface area contributed by atoms with E-state index in [1.807, 2.05) is 0 Å². The number of hydrogen-bond donors (Lipinski definition) is 1. The lowest BCUT2D eigenvalue weighted by Gasteiger charge is -2.15. The van der Waals surface area contributed by atoms with Gasteiger partial charge >= 0.3 is 11.9 Å². The van der Waals surface area contributed by atoms with E-state index in [0.717, 1.165) is 64.2 Å². The smallest absolute Gasteiger partial charge is 0.306 e. The van der Waals surface area contributed by atoms with E-state index in [0.29, 0.717) is 12.8 Å². The van der Waals surface area contributed by atoms with Gasteiger partial charge in [-0.3, -0.25) is 9.59 Å². The third-order valence-corrected chi connectivity index (χ3v) is 8.14. The van der Waals surface area contributed by atoms with Crippen molar-refractivity contribution in [1.82, 2.24) is 0 Å². The van der Waals surface area contributed by atoms with Crippen LogP contribution in [0, 0.1) is 0 Å². The predicted octanol–water partition coefficient (Wildman–Crippen LogP) is 11.8. The lowest BCUT2D eigenvalue weighted by Crippen LogP contribution is -2.28. The molecule has 1 unspecified atom stereocenters. The summed E-state index contributed by atoms with van der Waals surface area (Å²) >= 11 is 0. The fourth-order valence-corrected chi connectivity index (χ4v) is 5.25. The second-order valence-corrected chi connectivity index (χ2v) is 12.6. The highest BCUT2D eigenvalue weighted by Crippen LogP contribution is 2.15. The Morgan fingerprint density at radius 3 is 1.41 bits per heavy atom. The van der Waals surface area contributed by atoms with Crippen LogP contribution >= 0.6 is 0 Å². The van der Waals surface area contributed by atoms with Gasteiger partial charge in [0, 0.05) is 12.8 Å². The van der Waals surface area contributed by atoms with E-state index in [1.54, 1.807) is 0 Å². The Morgan fingerprint density at radius 2 is 0.935 bits per heavy atom. The summed E-state index contributed by atoms with van der Waals surface area (Å²) in [5, 5.41) is 9.54. The number of esters is 2. The van der Waals surface area contributed by atoms with Crippen molar-refractivity contribution in [1.29, 1.82) is 0 Å². The van der Waals surface area contributed by atoms with Crippen molar-refractivity contribution in [3.05, 3.63) is 48.6 Å². The third kappa shape index (κ3) is 34.7. The molecule has 0 amide bonds. The fraction of sp³-hybridized carbons (Fsp3) is 0.756. The van der Waals surface area contributed by atoms with Crippen LogP contribution in [0.2, 0.25) is 0 Å². The van der Waals surface area contributed by atoms with Crippen LogP contribution in [-0.4, -0.2) is 36.4 Å². The molecular weight excluding hydrogens is 572 g/mol. The van der Waals surface area contributed by atoms with E-state index in [-0.39, 0.29) is 25.2 Å². The molecule has 0 saturated carbocycles. The van der Waals surface area contributed by atoms with Crippen LogP contribution in [0.5, 0.6) is 0 Å². The molecule has 0 spiro atoms. The number of hydrogen-bond acceptors (Lipinski definition) is 5. The van der Waals surface area contributed by atoms with E-state index in [4.69, 9.17) is 9.47 Å². The first-order valence-electron chi connectivity index (χ1n) is 19.2. The SMILES string of the molecule is CCC=CCC=CCC=CCC=CCCCCC(=O)OCC(CO)OC(=O)CCCCCCCCCCCCCCCCCCC. The first-order chi connectivity index (χ1) is 22.6. The van der Waals surface area contributed by atoms with Crippen LogP contribution in [0.25, 0.3) is 0 Å². The average Bonchev–Trinajstić information content (AvgIpc) is 3.06. The highest BCUT2D eigenvalue weighted by atomic mass is 16.6. The summed E-state index contributed by atoms with van der Waals surface area (Å²) in [6, 6.07) is 0. The molecule has 266 valence electrons. The molecule has 0 heterocycles. The van der Waals surface area contributed by atoms with Gasteiger partial charge < -0.3 is 14.6 Å².